The first kappa shape index (κ1) is 13.5. The number of pyridine rings is 1. The summed E-state index contributed by atoms with van der Waals surface area (Å²) in [5, 5.41) is 2.54. The van der Waals surface area contributed by atoms with Crippen LogP contribution in [-0.4, -0.2) is 10.5 Å². The summed E-state index contributed by atoms with van der Waals surface area (Å²) in [7, 11) is 0. The third-order valence-corrected chi connectivity index (χ3v) is 4.31. The predicted octanol–water partition coefficient (Wildman–Crippen LogP) is 5.58. The highest BCUT2D eigenvalue weighted by atomic mass is 32.2. The minimum Gasteiger partial charge on any atom is -0.246 e. The van der Waals surface area contributed by atoms with Crippen molar-refractivity contribution in [2.45, 2.75) is 10.4 Å². The number of benzene rings is 1. The second kappa shape index (κ2) is 5.10. The number of aromatic nitrogens is 1. The molecule has 0 saturated carbocycles. The molecule has 2 aromatic heterocycles. The molecule has 0 fully saturated rings. The van der Waals surface area contributed by atoms with Crippen LogP contribution in [0.2, 0.25) is 0 Å². The SMILES string of the molecule is FC(F)(F)Sc1cc2ccccc2nc1-c1cccs1. The largest absolute Gasteiger partial charge is 0.446 e. The van der Waals surface area contributed by atoms with Crippen molar-refractivity contribution in [1.82, 2.24) is 4.98 Å². The summed E-state index contributed by atoms with van der Waals surface area (Å²) in [5.74, 6) is 0. The molecule has 3 aromatic rings. The van der Waals surface area contributed by atoms with Gasteiger partial charge in [-0.3, -0.25) is 0 Å². The number of thiophene rings is 1. The number of thioether (sulfide) groups is 1. The van der Waals surface area contributed by atoms with Crippen LogP contribution >= 0.6 is 23.1 Å². The van der Waals surface area contributed by atoms with E-state index in [0.29, 0.717) is 16.6 Å². The maximum absolute atomic E-state index is 12.7. The molecule has 0 atom stereocenters. The van der Waals surface area contributed by atoms with Gasteiger partial charge in [-0.1, -0.05) is 24.3 Å². The van der Waals surface area contributed by atoms with Gasteiger partial charge in [-0.25, -0.2) is 4.98 Å². The van der Waals surface area contributed by atoms with Gasteiger partial charge in [-0.05, 0) is 35.3 Å². The van der Waals surface area contributed by atoms with Crippen molar-refractivity contribution in [2.75, 3.05) is 0 Å². The first-order chi connectivity index (χ1) is 9.53. The maximum atomic E-state index is 12.7. The first-order valence-electron chi connectivity index (χ1n) is 5.72. The summed E-state index contributed by atoms with van der Waals surface area (Å²) in [5.41, 5.74) is -3.24. The van der Waals surface area contributed by atoms with Crippen molar-refractivity contribution < 1.29 is 13.2 Å². The Bertz CT molecular complexity index is 736. The standard InChI is InChI=1S/C14H8F3NS2/c15-14(16,17)20-12-8-9-4-1-2-5-10(9)18-13(12)11-6-3-7-19-11/h1-8H. The van der Waals surface area contributed by atoms with E-state index in [-0.39, 0.29) is 16.7 Å². The second-order valence-electron chi connectivity index (χ2n) is 4.05. The average Bonchev–Trinajstić information content (AvgIpc) is 2.89. The molecule has 0 amide bonds. The van der Waals surface area contributed by atoms with E-state index in [2.05, 4.69) is 4.98 Å². The third-order valence-electron chi connectivity index (χ3n) is 2.67. The number of hydrogen-bond donors (Lipinski definition) is 0. The second-order valence-corrected chi connectivity index (χ2v) is 6.11. The van der Waals surface area contributed by atoms with E-state index in [1.807, 2.05) is 11.4 Å². The molecule has 0 saturated heterocycles. The van der Waals surface area contributed by atoms with E-state index >= 15 is 0 Å². The Morgan fingerprint density at radius 1 is 1.05 bits per heavy atom. The molecule has 1 aromatic carbocycles. The molecule has 0 N–H and O–H groups in total. The zero-order chi connectivity index (χ0) is 14.2. The lowest BCUT2D eigenvalue weighted by atomic mass is 10.2. The van der Waals surface area contributed by atoms with Gasteiger partial charge in [0.15, 0.2) is 0 Å². The number of fused-ring (bicyclic) bond motifs is 1. The summed E-state index contributed by atoms with van der Waals surface area (Å²) in [6.07, 6.45) is 0. The molecule has 0 radical (unpaired) electrons. The number of nitrogens with zero attached hydrogens (tertiary/aromatic N) is 1. The molecule has 2 heterocycles. The Labute approximate surface area is 121 Å². The van der Waals surface area contributed by atoms with Crippen molar-refractivity contribution in [1.29, 1.82) is 0 Å². The van der Waals surface area contributed by atoms with Crippen LogP contribution in [0.5, 0.6) is 0 Å². The van der Waals surface area contributed by atoms with Gasteiger partial charge in [0.2, 0.25) is 0 Å². The van der Waals surface area contributed by atoms with Crippen molar-refractivity contribution in [3.8, 4) is 10.6 Å². The molecule has 0 aliphatic rings. The molecule has 0 spiro atoms. The predicted molar refractivity (Wildman–Crippen MR) is 77.0 cm³/mol. The van der Waals surface area contributed by atoms with Crippen LogP contribution in [0.1, 0.15) is 0 Å². The third kappa shape index (κ3) is 2.81. The van der Waals surface area contributed by atoms with Gasteiger partial charge in [-0.15, -0.1) is 11.3 Å². The summed E-state index contributed by atoms with van der Waals surface area (Å²) >= 11 is 1.27. The quantitative estimate of drug-likeness (QED) is 0.573. The van der Waals surface area contributed by atoms with Gasteiger partial charge in [0, 0.05) is 10.3 Å². The van der Waals surface area contributed by atoms with Crippen molar-refractivity contribution in [2.24, 2.45) is 0 Å². The van der Waals surface area contributed by atoms with E-state index in [1.165, 1.54) is 11.3 Å². The van der Waals surface area contributed by atoms with Gasteiger partial charge in [0.05, 0.1) is 16.1 Å². The summed E-state index contributed by atoms with van der Waals surface area (Å²) in [6.45, 7) is 0. The van der Waals surface area contributed by atoms with Crippen LogP contribution in [0.25, 0.3) is 21.5 Å². The monoisotopic (exact) mass is 311 g/mol. The van der Waals surface area contributed by atoms with Gasteiger partial charge in [0.1, 0.15) is 0 Å². The normalized spacial score (nSPS) is 11.9. The van der Waals surface area contributed by atoms with Crippen molar-refractivity contribution in [3.63, 3.8) is 0 Å². The molecule has 0 bridgehead atoms. The first-order valence-corrected chi connectivity index (χ1v) is 7.42. The summed E-state index contributed by atoms with van der Waals surface area (Å²) < 4.78 is 38.1. The minimum atomic E-state index is -4.32. The minimum absolute atomic E-state index is 0.115. The van der Waals surface area contributed by atoms with Crippen LogP contribution in [0.4, 0.5) is 13.2 Å². The Morgan fingerprint density at radius 2 is 1.85 bits per heavy atom. The fourth-order valence-corrected chi connectivity index (χ4v) is 3.37. The van der Waals surface area contributed by atoms with E-state index < -0.39 is 5.51 Å². The fraction of sp³-hybridized carbons (Fsp3) is 0.0714. The van der Waals surface area contributed by atoms with E-state index in [9.17, 15) is 13.2 Å². The Balaban J connectivity index is 2.21. The molecule has 3 rings (SSSR count). The van der Waals surface area contributed by atoms with Gasteiger partial charge in [-0.2, -0.15) is 13.2 Å². The highest BCUT2D eigenvalue weighted by Crippen LogP contribution is 2.43. The Hall–Kier alpha value is -1.53. The van der Waals surface area contributed by atoms with Crippen LogP contribution in [-0.2, 0) is 0 Å². The highest BCUT2D eigenvalue weighted by molar-refractivity contribution is 8.00. The average molecular weight is 311 g/mol. The molecule has 0 unspecified atom stereocenters. The van der Waals surface area contributed by atoms with Crippen molar-refractivity contribution in [3.05, 3.63) is 47.8 Å². The molecule has 102 valence electrons. The molecular formula is C14H8F3NS2. The van der Waals surface area contributed by atoms with E-state index in [0.717, 1.165) is 4.88 Å². The Morgan fingerprint density at radius 3 is 2.55 bits per heavy atom. The molecule has 0 aliphatic carbocycles. The maximum Gasteiger partial charge on any atom is 0.446 e. The molecule has 6 heteroatoms. The number of hydrogen-bond acceptors (Lipinski definition) is 3. The lowest BCUT2D eigenvalue weighted by Crippen LogP contribution is -2.00. The Kier molecular flexibility index (Phi) is 3.43. The molecule has 20 heavy (non-hydrogen) atoms. The van der Waals surface area contributed by atoms with Crippen LogP contribution in [0.15, 0.2) is 52.7 Å². The van der Waals surface area contributed by atoms with Gasteiger partial charge >= 0.3 is 5.51 Å². The highest BCUT2D eigenvalue weighted by Gasteiger charge is 2.31. The number of para-hydroxylation sites is 1. The zero-order valence-electron chi connectivity index (χ0n) is 10.0. The molecular weight excluding hydrogens is 303 g/mol. The number of alkyl halides is 3. The number of halogens is 3. The smallest absolute Gasteiger partial charge is 0.246 e. The lowest BCUT2D eigenvalue weighted by molar-refractivity contribution is -0.0328. The van der Waals surface area contributed by atoms with E-state index in [4.69, 9.17) is 0 Å². The number of rotatable bonds is 2. The lowest BCUT2D eigenvalue weighted by Gasteiger charge is -2.11. The fourth-order valence-electron chi connectivity index (χ4n) is 1.89. The van der Waals surface area contributed by atoms with E-state index in [1.54, 1.807) is 36.4 Å². The van der Waals surface area contributed by atoms with Gasteiger partial charge < -0.3 is 0 Å². The molecule has 1 nitrogen and oxygen atoms in total. The zero-order valence-corrected chi connectivity index (χ0v) is 11.6. The van der Waals surface area contributed by atoms with Crippen molar-refractivity contribution >= 4 is 34.0 Å². The summed E-state index contributed by atoms with van der Waals surface area (Å²) in [4.78, 5) is 5.27. The van der Waals surface area contributed by atoms with Gasteiger partial charge in [0.25, 0.3) is 0 Å². The summed E-state index contributed by atoms with van der Waals surface area (Å²) in [6, 6.07) is 12.3. The topological polar surface area (TPSA) is 12.9 Å². The van der Waals surface area contributed by atoms with Crippen LogP contribution in [0, 0.1) is 0 Å². The van der Waals surface area contributed by atoms with Crippen LogP contribution < -0.4 is 0 Å². The molecule has 0 aliphatic heterocycles. The van der Waals surface area contributed by atoms with Crippen LogP contribution in [0.3, 0.4) is 0 Å².